The summed E-state index contributed by atoms with van der Waals surface area (Å²) >= 11 is 0. The first-order chi connectivity index (χ1) is 12.1. The fourth-order valence-corrected chi connectivity index (χ4v) is 4.18. The van der Waals surface area contributed by atoms with Crippen LogP contribution < -0.4 is 0 Å². The Hall–Kier alpha value is -1.92. The smallest absolute Gasteiger partial charge is 0.257 e. The number of ether oxygens (including phenoxy) is 1. The molecule has 0 aliphatic carbocycles. The van der Waals surface area contributed by atoms with Gasteiger partial charge in [0.25, 0.3) is 5.91 Å². The molecule has 0 radical (unpaired) electrons. The molecule has 0 saturated carbocycles. The summed E-state index contributed by atoms with van der Waals surface area (Å²) in [5, 5.41) is 4.29. The quantitative estimate of drug-likeness (QED) is 0.838. The molecule has 0 aromatic carbocycles. The molecule has 6 heteroatoms. The van der Waals surface area contributed by atoms with Crippen molar-refractivity contribution in [1.82, 2.24) is 19.4 Å². The molecule has 4 heterocycles. The van der Waals surface area contributed by atoms with Crippen LogP contribution in [0.25, 0.3) is 5.52 Å². The van der Waals surface area contributed by atoms with Gasteiger partial charge in [0.1, 0.15) is 0 Å². The zero-order valence-corrected chi connectivity index (χ0v) is 15.0. The number of nitrogens with zero attached hydrogens (tertiary/aromatic N) is 4. The molecule has 2 aromatic heterocycles. The van der Waals surface area contributed by atoms with Gasteiger partial charge in [-0.1, -0.05) is 6.07 Å². The van der Waals surface area contributed by atoms with Crippen LogP contribution in [0.1, 0.15) is 36.0 Å². The highest BCUT2D eigenvalue weighted by molar-refractivity contribution is 6.00. The molecular formula is C19H26N4O2. The Morgan fingerprint density at radius 3 is 2.88 bits per heavy atom. The van der Waals surface area contributed by atoms with Gasteiger partial charge in [0.2, 0.25) is 0 Å². The Morgan fingerprint density at radius 1 is 1.32 bits per heavy atom. The summed E-state index contributed by atoms with van der Waals surface area (Å²) in [4.78, 5) is 17.2. The Labute approximate surface area is 148 Å². The predicted octanol–water partition coefficient (Wildman–Crippen LogP) is 2.05. The Kier molecular flexibility index (Phi) is 4.25. The highest BCUT2D eigenvalue weighted by atomic mass is 16.5. The van der Waals surface area contributed by atoms with Gasteiger partial charge in [-0.3, -0.25) is 4.79 Å². The first-order valence-electron chi connectivity index (χ1n) is 9.10. The lowest BCUT2D eigenvalue weighted by Gasteiger charge is -2.47. The summed E-state index contributed by atoms with van der Waals surface area (Å²) in [7, 11) is 4.29. The Balaban J connectivity index is 1.46. The number of aromatic nitrogens is 2. The standard InChI is InChI=1S/C19H26N4O2/c1-21(2)15-6-12-25-19(13-15)7-10-22(11-8-19)18(24)16-14-20-23-9-4-3-5-17(16)23/h3-5,9,14-15H,6-8,10-13H2,1-2H3. The van der Waals surface area contributed by atoms with Crippen LogP contribution in [0.2, 0.25) is 0 Å². The van der Waals surface area contributed by atoms with E-state index in [4.69, 9.17) is 4.74 Å². The molecule has 2 aliphatic rings. The first kappa shape index (κ1) is 16.5. The molecule has 134 valence electrons. The van der Waals surface area contributed by atoms with E-state index in [1.165, 1.54) is 0 Å². The summed E-state index contributed by atoms with van der Waals surface area (Å²) in [6, 6.07) is 6.38. The van der Waals surface area contributed by atoms with Crippen LogP contribution in [-0.4, -0.2) is 70.8 Å². The summed E-state index contributed by atoms with van der Waals surface area (Å²) in [6.45, 7) is 2.33. The van der Waals surface area contributed by atoms with E-state index in [-0.39, 0.29) is 11.5 Å². The Bertz CT molecular complexity index is 762. The van der Waals surface area contributed by atoms with Gasteiger partial charge in [-0.15, -0.1) is 0 Å². The van der Waals surface area contributed by atoms with Gasteiger partial charge in [0, 0.05) is 31.9 Å². The molecule has 2 aromatic rings. The summed E-state index contributed by atoms with van der Waals surface area (Å²) in [6.07, 6.45) is 7.55. The van der Waals surface area contributed by atoms with Gasteiger partial charge in [-0.25, -0.2) is 4.52 Å². The summed E-state index contributed by atoms with van der Waals surface area (Å²) in [5.41, 5.74) is 1.51. The van der Waals surface area contributed by atoms with Crippen LogP contribution in [0.5, 0.6) is 0 Å². The number of carbonyl (C=O) groups excluding carboxylic acids is 1. The molecule has 0 bridgehead atoms. The van der Waals surface area contributed by atoms with Crippen LogP contribution in [-0.2, 0) is 4.74 Å². The fourth-order valence-electron chi connectivity index (χ4n) is 4.18. The van der Waals surface area contributed by atoms with E-state index >= 15 is 0 Å². The number of fused-ring (bicyclic) bond motifs is 1. The lowest BCUT2D eigenvalue weighted by molar-refractivity contribution is -0.125. The van der Waals surface area contributed by atoms with Crippen LogP contribution in [0.3, 0.4) is 0 Å². The van der Waals surface area contributed by atoms with Crippen molar-refractivity contribution in [2.75, 3.05) is 33.8 Å². The van der Waals surface area contributed by atoms with Gasteiger partial charge >= 0.3 is 0 Å². The highest BCUT2D eigenvalue weighted by Gasteiger charge is 2.41. The third kappa shape index (κ3) is 3.04. The van der Waals surface area contributed by atoms with Gasteiger partial charge in [-0.05, 0) is 51.9 Å². The fraction of sp³-hybridized carbons (Fsp3) is 0.579. The summed E-state index contributed by atoms with van der Waals surface area (Å²) in [5.74, 6) is 0.0796. The molecule has 6 nitrogen and oxygen atoms in total. The second-order valence-corrected chi connectivity index (χ2v) is 7.52. The van der Waals surface area contributed by atoms with Crippen molar-refractivity contribution < 1.29 is 9.53 Å². The topological polar surface area (TPSA) is 50.1 Å². The minimum atomic E-state index is -0.0505. The maximum Gasteiger partial charge on any atom is 0.257 e. The second kappa shape index (κ2) is 6.42. The number of piperidine rings is 1. The number of rotatable bonds is 2. The second-order valence-electron chi connectivity index (χ2n) is 7.52. The van der Waals surface area contributed by atoms with Crippen LogP contribution in [0.15, 0.2) is 30.6 Å². The zero-order valence-electron chi connectivity index (χ0n) is 15.0. The van der Waals surface area contributed by atoms with Crippen LogP contribution >= 0.6 is 0 Å². The monoisotopic (exact) mass is 342 g/mol. The number of amides is 1. The maximum absolute atomic E-state index is 12.9. The molecule has 0 N–H and O–H groups in total. The van der Waals surface area contributed by atoms with Crippen molar-refractivity contribution in [1.29, 1.82) is 0 Å². The van der Waals surface area contributed by atoms with E-state index in [0.717, 1.165) is 50.9 Å². The molecular weight excluding hydrogens is 316 g/mol. The van der Waals surface area contributed by atoms with Gasteiger partial charge < -0.3 is 14.5 Å². The molecule has 1 amide bonds. The van der Waals surface area contributed by atoms with Gasteiger partial charge in [0.05, 0.1) is 22.9 Å². The summed E-state index contributed by atoms with van der Waals surface area (Å²) < 4.78 is 7.95. The van der Waals surface area contributed by atoms with E-state index in [1.54, 1.807) is 10.7 Å². The predicted molar refractivity (Wildman–Crippen MR) is 95.7 cm³/mol. The first-order valence-corrected chi connectivity index (χ1v) is 9.10. The third-order valence-corrected chi connectivity index (χ3v) is 5.82. The minimum absolute atomic E-state index is 0.0505. The molecule has 2 saturated heterocycles. The van der Waals surface area contributed by atoms with E-state index in [9.17, 15) is 4.79 Å². The van der Waals surface area contributed by atoms with Crippen molar-refractivity contribution in [2.24, 2.45) is 0 Å². The SMILES string of the molecule is CN(C)C1CCOC2(CCN(C(=O)c3cnn4ccccc34)CC2)C1. The zero-order chi connectivity index (χ0) is 17.4. The third-order valence-electron chi connectivity index (χ3n) is 5.82. The van der Waals surface area contributed by atoms with Crippen molar-refractivity contribution in [3.8, 4) is 0 Å². The van der Waals surface area contributed by atoms with Gasteiger partial charge in [-0.2, -0.15) is 5.10 Å². The van der Waals surface area contributed by atoms with E-state index in [0.29, 0.717) is 11.6 Å². The molecule has 2 fully saturated rings. The number of carbonyl (C=O) groups is 1. The number of pyridine rings is 1. The molecule has 2 aliphatic heterocycles. The lowest BCUT2D eigenvalue weighted by Crippen LogP contribution is -2.53. The van der Waals surface area contributed by atoms with Crippen LogP contribution in [0, 0.1) is 0 Å². The molecule has 4 rings (SSSR count). The van der Waals surface area contributed by atoms with Crippen LogP contribution in [0.4, 0.5) is 0 Å². The molecule has 1 atom stereocenters. The minimum Gasteiger partial charge on any atom is -0.375 e. The normalized spacial score (nSPS) is 23.5. The van der Waals surface area contributed by atoms with E-state index in [1.807, 2.05) is 29.3 Å². The maximum atomic E-state index is 12.9. The lowest BCUT2D eigenvalue weighted by atomic mass is 9.82. The molecule has 25 heavy (non-hydrogen) atoms. The highest BCUT2D eigenvalue weighted by Crippen LogP contribution is 2.36. The molecule has 1 unspecified atom stereocenters. The average Bonchev–Trinajstić information content (AvgIpc) is 3.06. The molecule has 1 spiro atoms. The van der Waals surface area contributed by atoms with E-state index < -0.39 is 0 Å². The van der Waals surface area contributed by atoms with Crippen molar-refractivity contribution in [2.45, 2.75) is 37.3 Å². The Morgan fingerprint density at radius 2 is 2.12 bits per heavy atom. The number of likely N-dealkylation sites (tertiary alicyclic amines) is 1. The van der Waals surface area contributed by atoms with Crippen molar-refractivity contribution >= 4 is 11.4 Å². The number of hydrogen-bond donors (Lipinski definition) is 0. The van der Waals surface area contributed by atoms with Crippen molar-refractivity contribution in [3.63, 3.8) is 0 Å². The van der Waals surface area contributed by atoms with Gasteiger partial charge in [0.15, 0.2) is 0 Å². The average molecular weight is 342 g/mol. The van der Waals surface area contributed by atoms with E-state index in [2.05, 4.69) is 24.1 Å². The van der Waals surface area contributed by atoms with Crippen molar-refractivity contribution in [3.05, 3.63) is 36.2 Å². The number of hydrogen-bond acceptors (Lipinski definition) is 4. The largest absolute Gasteiger partial charge is 0.375 e.